The number of nitrogens with one attached hydrogen (secondary N) is 1. The first-order chi connectivity index (χ1) is 7.90. The second kappa shape index (κ2) is 5.36. The first-order valence-corrected chi connectivity index (χ1v) is 5.79. The van der Waals surface area contributed by atoms with Crippen LogP contribution in [0.25, 0.3) is 11.1 Å². The standard InChI is InChI=1S/C15H17N/c1-2-11-16-15-10-6-9-14(12-15)13-7-4-3-5-8-13/h3-10,12,16H,2,11H2,1H3. The summed E-state index contributed by atoms with van der Waals surface area (Å²) in [5.41, 5.74) is 3.73. The quantitative estimate of drug-likeness (QED) is 0.800. The monoisotopic (exact) mass is 211 g/mol. The lowest BCUT2D eigenvalue weighted by atomic mass is 10.1. The molecule has 0 saturated heterocycles. The van der Waals surface area contributed by atoms with E-state index >= 15 is 0 Å². The van der Waals surface area contributed by atoms with Crippen LogP contribution in [0.2, 0.25) is 0 Å². The summed E-state index contributed by atoms with van der Waals surface area (Å²) in [6, 6.07) is 19.0. The van der Waals surface area contributed by atoms with E-state index < -0.39 is 0 Å². The Hall–Kier alpha value is -1.76. The number of hydrogen-bond donors (Lipinski definition) is 1. The van der Waals surface area contributed by atoms with Gasteiger partial charge in [0.1, 0.15) is 0 Å². The lowest BCUT2D eigenvalue weighted by Crippen LogP contribution is -1.99. The molecule has 0 heterocycles. The molecule has 2 aromatic rings. The van der Waals surface area contributed by atoms with Gasteiger partial charge in [0.05, 0.1) is 0 Å². The van der Waals surface area contributed by atoms with E-state index in [1.54, 1.807) is 0 Å². The fourth-order valence-electron chi connectivity index (χ4n) is 1.71. The van der Waals surface area contributed by atoms with Crippen LogP contribution < -0.4 is 5.32 Å². The molecule has 0 saturated carbocycles. The molecule has 0 bridgehead atoms. The second-order valence-corrected chi connectivity index (χ2v) is 3.87. The Kier molecular flexibility index (Phi) is 3.60. The van der Waals surface area contributed by atoms with Gasteiger partial charge >= 0.3 is 0 Å². The highest BCUT2D eigenvalue weighted by Crippen LogP contribution is 2.22. The Bertz CT molecular complexity index is 434. The molecule has 2 aromatic carbocycles. The summed E-state index contributed by atoms with van der Waals surface area (Å²) in [7, 11) is 0. The lowest BCUT2D eigenvalue weighted by molar-refractivity contribution is 0.980. The first-order valence-electron chi connectivity index (χ1n) is 5.79. The molecule has 0 radical (unpaired) electrons. The predicted molar refractivity (Wildman–Crippen MR) is 70.7 cm³/mol. The van der Waals surface area contributed by atoms with Crippen LogP contribution in [-0.2, 0) is 0 Å². The van der Waals surface area contributed by atoms with Crippen LogP contribution in [0.4, 0.5) is 5.69 Å². The largest absolute Gasteiger partial charge is 0.385 e. The molecular formula is C15H17N. The van der Waals surface area contributed by atoms with Crippen molar-refractivity contribution in [2.75, 3.05) is 11.9 Å². The van der Waals surface area contributed by atoms with E-state index in [1.807, 2.05) is 6.07 Å². The van der Waals surface area contributed by atoms with Crippen LogP contribution in [0.1, 0.15) is 13.3 Å². The van der Waals surface area contributed by atoms with Crippen molar-refractivity contribution < 1.29 is 0 Å². The predicted octanol–water partition coefficient (Wildman–Crippen LogP) is 4.18. The molecule has 0 aliphatic carbocycles. The molecule has 1 N–H and O–H groups in total. The topological polar surface area (TPSA) is 12.0 Å². The zero-order chi connectivity index (χ0) is 11.2. The van der Waals surface area contributed by atoms with Gasteiger partial charge in [-0.2, -0.15) is 0 Å². The molecule has 0 atom stereocenters. The Labute approximate surface area is 97.1 Å². The molecule has 0 spiro atoms. The Balaban J connectivity index is 2.22. The molecule has 82 valence electrons. The molecule has 16 heavy (non-hydrogen) atoms. The molecule has 2 rings (SSSR count). The third kappa shape index (κ3) is 2.63. The maximum atomic E-state index is 3.40. The molecule has 1 nitrogen and oxygen atoms in total. The number of anilines is 1. The summed E-state index contributed by atoms with van der Waals surface area (Å²) in [5.74, 6) is 0. The SMILES string of the molecule is CCCNc1cccc(-c2ccccc2)c1. The van der Waals surface area contributed by atoms with E-state index in [9.17, 15) is 0 Å². The molecule has 0 aliphatic rings. The van der Waals surface area contributed by atoms with Gasteiger partial charge in [-0.15, -0.1) is 0 Å². The van der Waals surface area contributed by atoms with Gasteiger partial charge in [-0.25, -0.2) is 0 Å². The van der Waals surface area contributed by atoms with E-state index in [0.717, 1.165) is 13.0 Å². The summed E-state index contributed by atoms with van der Waals surface area (Å²) in [6.07, 6.45) is 1.15. The first kappa shape index (κ1) is 10.7. The van der Waals surface area contributed by atoms with Crippen LogP contribution >= 0.6 is 0 Å². The van der Waals surface area contributed by atoms with Crippen LogP contribution in [-0.4, -0.2) is 6.54 Å². The average molecular weight is 211 g/mol. The minimum atomic E-state index is 1.03. The zero-order valence-electron chi connectivity index (χ0n) is 9.61. The number of hydrogen-bond acceptors (Lipinski definition) is 1. The van der Waals surface area contributed by atoms with Crippen molar-refractivity contribution in [3.63, 3.8) is 0 Å². The van der Waals surface area contributed by atoms with Crippen molar-refractivity contribution in [2.24, 2.45) is 0 Å². The van der Waals surface area contributed by atoms with Gasteiger partial charge in [-0.3, -0.25) is 0 Å². The third-order valence-corrected chi connectivity index (χ3v) is 2.55. The van der Waals surface area contributed by atoms with Crippen LogP contribution in [0, 0.1) is 0 Å². The summed E-state index contributed by atoms with van der Waals surface area (Å²) in [5, 5.41) is 3.40. The van der Waals surface area contributed by atoms with Crippen molar-refractivity contribution in [3.05, 3.63) is 54.6 Å². The molecular weight excluding hydrogens is 194 g/mol. The van der Waals surface area contributed by atoms with Crippen LogP contribution in [0.3, 0.4) is 0 Å². The number of rotatable bonds is 4. The molecule has 0 amide bonds. The average Bonchev–Trinajstić information content (AvgIpc) is 2.38. The molecule has 0 aromatic heterocycles. The van der Waals surface area contributed by atoms with Gasteiger partial charge < -0.3 is 5.32 Å². The Morgan fingerprint density at radius 3 is 2.38 bits per heavy atom. The maximum Gasteiger partial charge on any atom is 0.0346 e. The van der Waals surface area contributed by atoms with Crippen LogP contribution in [0.5, 0.6) is 0 Å². The molecule has 0 fully saturated rings. The molecule has 1 heteroatoms. The minimum absolute atomic E-state index is 1.03. The van der Waals surface area contributed by atoms with Crippen molar-refractivity contribution in [2.45, 2.75) is 13.3 Å². The summed E-state index contributed by atoms with van der Waals surface area (Å²) in [4.78, 5) is 0. The van der Waals surface area contributed by atoms with Gasteiger partial charge in [-0.1, -0.05) is 49.4 Å². The summed E-state index contributed by atoms with van der Waals surface area (Å²) in [6.45, 7) is 3.20. The van der Waals surface area contributed by atoms with E-state index in [0.29, 0.717) is 0 Å². The fraction of sp³-hybridized carbons (Fsp3) is 0.200. The molecule has 0 unspecified atom stereocenters. The van der Waals surface area contributed by atoms with Crippen molar-refractivity contribution in [1.82, 2.24) is 0 Å². The maximum absolute atomic E-state index is 3.40. The smallest absolute Gasteiger partial charge is 0.0346 e. The van der Waals surface area contributed by atoms with Gasteiger partial charge in [0, 0.05) is 12.2 Å². The fourth-order valence-corrected chi connectivity index (χ4v) is 1.71. The van der Waals surface area contributed by atoms with Gasteiger partial charge in [0.15, 0.2) is 0 Å². The lowest BCUT2D eigenvalue weighted by Gasteiger charge is -2.07. The zero-order valence-corrected chi connectivity index (χ0v) is 9.61. The van der Waals surface area contributed by atoms with Gasteiger partial charge in [0.25, 0.3) is 0 Å². The van der Waals surface area contributed by atoms with E-state index in [4.69, 9.17) is 0 Å². The van der Waals surface area contributed by atoms with Gasteiger partial charge in [-0.05, 0) is 29.7 Å². The highest BCUT2D eigenvalue weighted by atomic mass is 14.9. The van der Waals surface area contributed by atoms with Crippen LogP contribution in [0.15, 0.2) is 54.6 Å². The van der Waals surface area contributed by atoms with Crippen molar-refractivity contribution >= 4 is 5.69 Å². The molecule has 0 aliphatic heterocycles. The van der Waals surface area contributed by atoms with E-state index in [1.165, 1.54) is 16.8 Å². The Morgan fingerprint density at radius 1 is 0.875 bits per heavy atom. The van der Waals surface area contributed by atoms with E-state index in [2.05, 4.69) is 60.8 Å². The highest BCUT2D eigenvalue weighted by molar-refractivity contribution is 5.67. The van der Waals surface area contributed by atoms with Gasteiger partial charge in [0.2, 0.25) is 0 Å². The minimum Gasteiger partial charge on any atom is -0.385 e. The second-order valence-electron chi connectivity index (χ2n) is 3.87. The summed E-state index contributed by atoms with van der Waals surface area (Å²) >= 11 is 0. The highest BCUT2D eigenvalue weighted by Gasteiger charge is 1.97. The normalized spacial score (nSPS) is 10.1. The van der Waals surface area contributed by atoms with Crippen molar-refractivity contribution in [1.29, 1.82) is 0 Å². The van der Waals surface area contributed by atoms with E-state index in [-0.39, 0.29) is 0 Å². The number of benzene rings is 2. The van der Waals surface area contributed by atoms with Crippen molar-refractivity contribution in [3.8, 4) is 11.1 Å². The Morgan fingerprint density at radius 2 is 1.62 bits per heavy atom. The summed E-state index contributed by atoms with van der Waals surface area (Å²) < 4.78 is 0. The third-order valence-electron chi connectivity index (χ3n) is 2.55.